The highest BCUT2D eigenvalue weighted by Gasteiger charge is 2.19. The van der Waals surface area contributed by atoms with E-state index in [1.165, 1.54) is 0 Å². The Labute approximate surface area is 206 Å². The van der Waals surface area contributed by atoms with Crippen LogP contribution < -0.4 is 14.8 Å². The lowest BCUT2D eigenvalue weighted by Gasteiger charge is -2.15. The maximum atomic E-state index is 12.8. The maximum Gasteiger partial charge on any atom is 0.244 e. The van der Waals surface area contributed by atoms with Gasteiger partial charge in [0, 0.05) is 28.2 Å². The second kappa shape index (κ2) is 10.5. The highest BCUT2D eigenvalue weighted by atomic mass is 16.5. The van der Waals surface area contributed by atoms with E-state index in [1.807, 2.05) is 88.4 Å². The van der Waals surface area contributed by atoms with E-state index in [-0.39, 0.29) is 11.9 Å². The predicted molar refractivity (Wildman–Crippen MR) is 141 cm³/mol. The second-order valence-electron chi connectivity index (χ2n) is 8.53. The summed E-state index contributed by atoms with van der Waals surface area (Å²) in [5.41, 5.74) is 6.38. The van der Waals surface area contributed by atoms with Gasteiger partial charge in [0.1, 0.15) is 17.1 Å². The molecule has 4 rings (SSSR count). The summed E-state index contributed by atoms with van der Waals surface area (Å²) in [6, 6.07) is 19.8. The molecule has 5 heteroatoms. The molecule has 0 radical (unpaired) electrons. The van der Waals surface area contributed by atoms with Crippen LogP contribution in [0, 0.1) is 6.92 Å². The standard InChI is InChI=1S/C30H31NO4/c1-6-34-24-14-12-23(13-15-24)27-18-35-30-20(3)29(33-5)25(17-26(27)30)19(2)16-28(32)31-21(4)22-10-8-7-9-11-22/h7-18,21H,6H2,1-5H3,(H,31,32)/b19-16+. The van der Waals surface area contributed by atoms with E-state index in [0.29, 0.717) is 12.4 Å². The summed E-state index contributed by atoms with van der Waals surface area (Å²) in [7, 11) is 1.64. The summed E-state index contributed by atoms with van der Waals surface area (Å²) in [4.78, 5) is 12.8. The molecular formula is C30H31NO4. The molecule has 0 aliphatic heterocycles. The van der Waals surface area contributed by atoms with E-state index in [9.17, 15) is 4.79 Å². The lowest BCUT2D eigenvalue weighted by Crippen LogP contribution is -2.24. The first-order valence-electron chi connectivity index (χ1n) is 11.8. The van der Waals surface area contributed by atoms with Gasteiger partial charge < -0.3 is 19.2 Å². The van der Waals surface area contributed by atoms with Crippen LogP contribution in [0.5, 0.6) is 11.5 Å². The Kier molecular flexibility index (Phi) is 7.25. The van der Waals surface area contributed by atoms with Crippen molar-refractivity contribution in [1.82, 2.24) is 5.32 Å². The third kappa shape index (κ3) is 5.09. The van der Waals surface area contributed by atoms with Crippen LogP contribution in [0.2, 0.25) is 0 Å². The van der Waals surface area contributed by atoms with E-state index in [1.54, 1.807) is 19.4 Å². The molecule has 1 aromatic heterocycles. The van der Waals surface area contributed by atoms with Crippen molar-refractivity contribution in [2.75, 3.05) is 13.7 Å². The third-order valence-electron chi connectivity index (χ3n) is 6.16. The fourth-order valence-corrected chi connectivity index (χ4v) is 4.35. The molecule has 0 fully saturated rings. The fourth-order valence-electron chi connectivity index (χ4n) is 4.35. The summed E-state index contributed by atoms with van der Waals surface area (Å²) in [5.74, 6) is 1.37. The molecule has 1 unspecified atom stereocenters. The van der Waals surface area contributed by atoms with Crippen molar-refractivity contribution in [3.05, 3.63) is 89.7 Å². The first-order valence-corrected chi connectivity index (χ1v) is 11.8. The molecule has 180 valence electrons. The quantitative estimate of drug-likeness (QED) is 0.280. The number of aryl methyl sites for hydroxylation is 1. The molecule has 1 atom stereocenters. The van der Waals surface area contributed by atoms with Gasteiger partial charge >= 0.3 is 0 Å². The molecular weight excluding hydrogens is 438 g/mol. The van der Waals surface area contributed by atoms with Crippen molar-refractivity contribution >= 4 is 22.4 Å². The third-order valence-corrected chi connectivity index (χ3v) is 6.16. The van der Waals surface area contributed by atoms with Crippen molar-refractivity contribution in [1.29, 1.82) is 0 Å². The zero-order valence-corrected chi connectivity index (χ0v) is 20.8. The van der Waals surface area contributed by atoms with Crippen LogP contribution in [0.3, 0.4) is 0 Å². The topological polar surface area (TPSA) is 60.7 Å². The van der Waals surface area contributed by atoms with E-state index >= 15 is 0 Å². The monoisotopic (exact) mass is 469 g/mol. The fraction of sp³-hybridized carbons (Fsp3) is 0.233. The average Bonchev–Trinajstić information content (AvgIpc) is 3.29. The Hall–Kier alpha value is -3.99. The molecule has 1 amide bonds. The zero-order valence-electron chi connectivity index (χ0n) is 20.8. The molecule has 0 bridgehead atoms. The summed E-state index contributed by atoms with van der Waals surface area (Å²) in [5, 5.41) is 4.01. The number of amides is 1. The van der Waals surface area contributed by atoms with Gasteiger partial charge in [0.15, 0.2) is 0 Å². The van der Waals surface area contributed by atoms with Crippen LogP contribution in [0.25, 0.3) is 27.7 Å². The number of allylic oxidation sites excluding steroid dienone is 1. The molecule has 0 aliphatic carbocycles. The van der Waals surface area contributed by atoms with Crippen molar-refractivity contribution in [2.24, 2.45) is 0 Å². The molecule has 1 heterocycles. The highest BCUT2D eigenvalue weighted by molar-refractivity contribution is 6.01. The minimum Gasteiger partial charge on any atom is -0.496 e. The second-order valence-corrected chi connectivity index (χ2v) is 8.53. The lowest BCUT2D eigenvalue weighted by molar-refractivity contribution is -0.117. The molecule has 5 nitrogen and oxygen atoms in total. The van der Waals surface area contributed by atoms with Crippen LogP contribution in [0.4, 0.5) is 0 Å². The largest absolute Gasteiger partial charge is 0.496 e. The number of hydrogen-bond acceptors (Lipinski definition) is 4. The number of methoxy groups -OCH3 is 1. The van der Waals surface area contributed by atoms with E-state index in [4.69, 9.17) is 13.9 Å². The maximum absolute atomic E-state index is 12.8. The smallest absolute Gasteiger partial charge is 0.244 e. The van der Waals surface area contributed by atoms with Gasteiger partial charge in [-0.1, -0.05) is 42.5 Å². The van der Waals surface area contributed by atoms with Gasteiger partial charge in [-0.2, -0.15) is 0 Å². The summed E-state index contributed by atoms with van der Waals surface area (Å²) in [6.45, 7) is 8.46. The van der Waals surface area contributed by atoms with E-state index in [2.05, 4.69) is 5.32 Å². The molecule has 35 heavy (non-hydrogen) atoms. The van der Waals surface area contributed by atoms with Gasteiger partial charge in [0.25, 0.3) is 0 Å². The zero-order chi connectivity index (χ0) is 24.9. The molecule has 1 N–H and O–H groups in total. The van der Waals surface area contributed by atoms with Crippen molar-refractivity contribution in [3.63, 3.8) is 0 Å². The normalized spacial score (nSPS) is 12.4. The van der Waals surface area contributed by atoms with Gasteiger partial charge in [-0.15, -0.1) is 0 Å². The molecule has 0 saturated heterocycles. The number of rotatable bonds is 8. The Balaban J connectivity index is 1.69. The first kappa shape index (κ1) is 24.1. The number of fused-ring (bicyclic) bond motifs is 1. The van der Waals surface area contributed by atoms with Crippen LogP contribution in [0.1, 0.15) is 43.5 Å². The molecule has 3 aromatic carbocycles. The van der Waals surface area contributed by atoms with E-state index < -0.39 is 0 Å². The minimum absolute atomic E-state index is 0.0982. The number of carbonyl (C=O) groups excluding carboxylic acids is 1. The van der Waals surface area contributed by atoms with E-state index in [0.717, 1.165) is 50.1 Å². The number of ether oxygens (including phenoxy) is 2. The van der Waals surface area contributed by atoms with Crippen molar-refractivity contribution in [3.8, 4) is 22.6 Å². The van der Waals surface area contributed by atoms with Crippen LogP contribution in [-0.2, 0) is 4.79 Å². The number of carbonyl (C=O) groups is 1. The van der Waals surface area contributed by atoms with Gasteiger partial charge in [0.05, 0.1) is 26.0 Å². The number of benzene rings is 3. The van der Waals surface area contributed by atoms with Gasteiger partial charge in [-0.05, 0) is 62.6 Å². The summed E-state index contributed by atoms with van der Waals surface area (Å²) >= 11 is 0. The van der Waals surface area contributed by atoms with Gasteiger partial charge in [-0.3, -0.25) is 4.79 Å². The van der Waals surface area contributed by atoms with Gasteiger partial charge in [0.2, 0.25) is 5.91 Å². The first-order chi connectivity index (χ1) is 16.9. The molecule has 0 aliphatic rings. The lowest BCUT2D eigenvalue weighted by atomic mass is 9.96. The predicted octanol–water partition coefficient (Wildman–Crippen LogP) is 7.10. The SMILES string of the molecule is CCOc1ccc(-c2coc3c(C)c(OC)c(/C(C)=C/C(=O)NC(C)c4ccccc4)cc23)cc1. The Morgan fingerprint density at radius 2 is 1.83 bits per heavy atom. The summed E-state index contributed by atoms with van der Waals surface area (Å²) in [6.07, 6.45) is 3.39. The van der Waals surface area contributed by atoms with Crippen LogP contribution in [0.15, 0.2) is 77.4 Å². The number of nitrogens with one attached hydrogen (secondary N) is 1. The summed E-state index contributed by atoms with van der Waals surface area (Å²) < 4.78 is 17.3. The van der Waals surface area contributed by atoms with Crippen molar-refractivity contribution < 1.29 is 18.7 Å². The van der Waals surface area contributed by atoms with Crippen LogP contribution in [-0.4, -0.2) is 19.6 Å². The Morgan fingerprint density at radius 3 is 2.49 bits per heavy atom. The minimum atomic E-state index is -0.155. The van der Waals surface area contributed by atoms with Crippen LogP contribution >= 0.6 is 0 Å². The van der Waals surface area contributed by atoms with Crippen molar-refractivity contribution in [2.45, 2.75) is 33.7 Å². The molecule has 4 aromatic rings. The average molecular weight is 470 g/mol. The molecule has 0 saturated carbocycles. The van der Waals surface area contributed by atoms with Gasteiger partial charge in [-0.25, -0.2) is 0 Å². The highest BCUT2D eigenvalue weighted by Crippen LogP contribution is 2.40. The Bertz CT molecular complexity index is 1350. The number of furan rings is 1. The molecule has 0 spiro atoms. The Morgan fingerprint density at radius 1 is 1.11 bits per heavy atom. The number of hydrogen-bond donors (Lipinski definition) is 1.